The van der Waals surface area contributed by atoms with E-state index in [9.17, 15) is 5.11 Å². The van der Waals surface area contributed by atoms with Gasteiger partial charge in [0.15, 0.2) is 0 Å². The number of aliphatic hydroxyl groups is 1. The molecule has 0 saturated carbocycles. The zero-order chi connectivity index (χ0) is 18.5. The van der Waals surface area contributed by atoms with Crippen molar-refractivity contribution in [3.05, 3.63) is 65.2 Å². The summed E-state index contributed by atoms with van der Waals surface area (Å²) in [7, 11) is 0. The van der Waals surface area contributed by atoms with Crippen LogP contribution in [0, 0.1) is 0 Å². The summed E-state index contributed by atoms with van der Waals surface area (Å²) in [5.74, 6) is 0.891. The Kier molecular flexibility index (Phi) is 6.07. The molecule has 2 aliphatic rings. The fraction of sp³-hybridized carbons (Fsp3) is 0.478. The molecule has 0 amide bonds. The number of benzene rings is 2. The first-order valence-electron chi connectivity index (χ1n) is 10.2. The molecule has 2 aromatic carbocycles. The van der Waals surface area contributed by atoms with Crippen LogP contribution in [-0.2, 0) is 19.4 Å². The van der Waals surface area contributed by atoms with Gasteiger partial charge >= 0.3 is 0 Å². The Bertz CT molecular complexity index is 726. The lowest BCUT2D eigenvalue weighted by atomic mass is 10.1. The van der Waals surface area contributed by atoms with E-state index in [0.717, 1.165) is 44.9 Å². The molecule has 144 valence electrons. The summed E-state index contributed by atoms with van der Waals surface area (Å²) in [4.78, 5) is 4.83. The Hall–Kier alpha value is -1.88. The summed E-state index contributed by atoms with van der Waals surface area (Å²) in [6.07, 6.45) is 3.15. The number of hydrogen-bond acceptors (Lipinski definition) is 4. The van der Waals surface area contributed by atoms with E-state index in [0.29, 0.717) is 13.2 Å². The lowest BCUT2D eigenvalue weighted by Gasteiger charge is -2.35. The van der Waals surface area contributed by atoms with Gasteiger partial charge in [0, 0.05) is 39.3 Å². The van der Waals surface area contributed by atoms with Gasteiger partial charge in [-0.05, 0) is 48.1 Å². The summed E-state index contributed by atoms with van der Waals surface area (Å²) in [5, 5.41) is 10.4. The molecule has 1 aliphatic heterocycles. The summed E-state index contributed by atoms with van der Waals surface area (Å²) in [6.45, 7) is 6.16. The maximum atomic E-state index is 10.4. The van der Waals surface area contributed by atoms with E-state index >= 15 is 0 Å². The quantitative estimate of drug-likeness (QED) is 0.817. The van der Waals surface area contributed by atoms with Gasteiger partial charge in [-0.25, -0.2) is 0 Å². The van der Waals surface area contributed by atoms with E-state index in [-0.39, 0.29) is 0 Å². The van der Waals surface area contributed by atoms with Gasteiger partial charge in [0.1, 0.15) is 18.5 Å². The standard InChI is InChI=1S/C23H30N2O2/c26-22(18-27-23-10-9-20-7-4-8-21(20)15-23)17-25-13-11-24(12-14-25)16-19-5-2-1-3-6-19/h1-3,5-6,9-10,15,22,26H,4,7-8,11-14,16-18H2. The largest absolute Gasteiger partial charge is 0.491 e. The molecule has 0 radical (unpaired) electrons. The molecule has 4 nitrogen and oxygen atoms in total. The van der Waals surface area contributed by atoms with Gasteiger partial charge in [-0.15, -0.1) is 0 Å². The Labute approximate surface area is 162 Å². The average molecular weight is 367 g/mol. The van der Waals surface area contributed by atoms with E-state index in [1.54, 1.807) is 0 Å². The lowest BCUT2D eigenvalue weighted by Crippen LogP contribution is -2.48. The highest BCUT2D eigenvalue weighted by molar-refractivity contribution is 5.38. The van der Waals surface area contributed by atoms with Crippen LogP contribution >= 0.6 is 0 Å². The third-order valence-corrected chi connectivity index (χ3v) is 5.70. The molecular weight excluding hydrogens is 336 g/mol. The van der Waals surface area contributed by atoms with E-state index in [2.05, 4.69) is 52.3 Å². The minimum atomic E-state index is -0.445. The first-order valence-corrected chi connectivity index (χ1v) is 10.2. The van der Waals surface area contributed by atoms with E-state index in [1.165, 1.54) is 29.5 Å². The normalized spacial score (nSPS) is 19.0. The topological polar surface area (TPSA) is 35.9 Å². The minimum absolute atomic E-state index is 0.364. The van der Waals surface area contributed by atoms with Crippen molar-refractivity contribution in [3.8, 4) is 5.75 Å². The molecule has 0 spiro atoms. The Morgan fingerprint density at radius 1 is 0.889 bits per heavy atom. The number of hydrogen-bond donors (Lipinski definition) is 1. The molecule has 0 bridgehead atoms. The molecule has 4 heteroatoms. The lowest BCUT2D eigenvalue weighted by molar-refractivity contribution is 0.0446. The van der Waals surface area contributed by atoms with Crippen molar-refractivity contribution >= 4 is 0 Å². The van der Waals surface area contributed by atoms with E-state index in [4.69, 9.17) is 4.74 Å². The van der Waals surface area contributed by atoms with Crippen LogP contribution in [0.25, 0.3) is 0 Å². The monoisotopic (exact) mass is 366 g/mol. The van der Waals surface area contributed by atoms with Crippen molar-refractivity contribution in [1.29, 1.82) is 0 Å². The number of piperazine rings is 1. The number of β-amino-alcohol motifs (C(OH)–C–C–N with tert-alkyl or cyclic N) is 1. The van der Waals surface area contributed by atoms with Crippen LogP contribution < -0.4 is 4.74 Å². The summed E-state index contributed by atoms with van der Waals surface area (Å²) in [5.41, 5.74) is 4.24. The highest BCUT2D eigenvalue weighted by Crippen LogP contribution is 2.26. The van der Waals surface area contributed by atoms with Gasteiger partial charge in [0.25, 0.3) is 0 Å². The highest BCUT2D eigenvalue weighted by atomic mass is 16.5. The molecule has 1 unspecified atom stereocenters. The Morgan fingerprint density at radius 2 is 1.63 bits per heavy atom. The minimum Gasteiger partial charge on any atom is -0.491 e. The molecule has 4 rings (SSSR count). The predicted octanol–water partition coefficient (Wildman–Crippen LogP) is 2.73. The van der Waals surface area contributed by atoms with Gasteiger partial charge in [-0.2, -0.15) is 0 Å². The van der Waals surface area contributed by atoms with Crippen molar-refractivity contribution in [2.75, 3.05) is 39.3 Å². The van der Waals surface area contributed by atoms with Crippen LogP contribution in [0.15, 0.2) is 48.5 Å². The predicted molar refractivity (Wildman–Crippen MR) is 108 cm³/mol. The second-order valence-electron chi connectivity index (χ2n) is 7.81. The summed E-state index contributed by atoms with van der Waals surface area (Å²) < 4.78 is 5.85. The number of aliphatic hydroxyl groups excluding tert-OH is 1. The molecule has 1 aliphatic carbocycles. The molecule has 1 heterocycles. The molecule has 1 fully saturated rings. The molecular formula is C23H30N2O2. The number of aryl methyl sites for hydroxylation is 2. The second-order valence-corrected chi connectivity index (χ2v) is 7.81. The van der Waals surface area contributed by atoms with Crippen molar-refractivity contribution in [2.24, 2.45) is 0 Å². The maximum absolute atomic E-state index is 10.4. The molecule has 27 heavy (non-hydrogen) atoms. The Balaban J connectivity index is 1.18. The third-order valence-electron chi connectivity index (χ3n) is 5.70. The van der Waals surface area contributed by atoms with Crippen molar-refractivity contribution in [1.82, 2.24) is 9.80 Å². The number of ether oxygens (including phenoxy) is 1. The Morgan fingerprint density at radius 3 is 2.44 bits per heavy atom. The van der Waals surface area contributed by atoms with E-state index in [1.807, 2.05) is 6.07 Å². The maximum Gasteiger partial charge on any atom is 0.119 e. The van der Waals surface area contributed by atoms with Gasteiger partial charge < -0.3 is 9.84 Å². The zero-order valence-corrected chi connectivity index (χ0v) is 16.0. The zero-order valence-electron chi connectivity index (χ0n) is 16.0. The fourth-order valence-electron chi connectivity index (χ4n) is 4.15. The second kappa shape index (κ2) is 8.87. The van der Waals surface area contributed by atoms with Crippen molar-refractivity contribution in [2.45, 2.75) is 31.9 Å². The van der Waals surface area contributed by atoms with Crippen LogP contribution in [0.2, 0.25) is 0 Å². The number of fused-ring (bicyclic) bond motifs is 1. The van der Waals surface area contributed by atoms with Crippen LogP contribution in [-0.4, -0.2) is 60.3 Å². The first-order chi connectivity index (χ1) is 13.3. The summed E-state index contributed by atoms with van der Waals surface area (Å²) >= 11 is 0. The van der Waals surface area contributed by atoms with E-state index < -0.39 is 6.10 Å². The smallest absolute Gasteiger partial charge is 0.119 e. The molecule has 1 saturated heterocycles. The van der Waals surface area contributed by atoms with Gasteiger partial charge in [-0.1, -0.05) is 36.4 Å². The first kappa shape index (κ1) is 18.5. The fourth-order valence-corrected chi connectivity index (χ4v) is 4.15. The van der Waals surface area contributed by atoms with Crippen LogP contribution in [0.3, 0.4) is 0 Å². The molecule has 2 aromatic rings. The van der Waals surface area contributed by atoms with Crippen molar-refractivity contribution in [3.63, 3.8) is 0 Å². The highest BCUT2D eigenvalue weighted by Gasteiger charge is 2.20. The molecule has 0 aromatic heterocycles. The van der Waals surface area contributed by atoms with Gasteiger partial charge in [0.2, 0.25) is 0 Å². The molecule has 1 atom stereocenters. The van der Waals surface area contributed by atoms with Crippen molar-refractivity contribution < 1.29 is 9.84 Å². The SMILES string of the molecule is OC(COc1ccc2c(c1)CCC2)CN1CCN(Cc2ccccc2)CC1. The average Bonchev–Trinajstić information content (AvgIpc) is 3.17. The van der Waals surface area contributed by atoms with Crippen LogP contribution in [0.1, 0.15) is 23.1 Å². The number of rotatable bonds is 7. The van der Waals surface area contributed by atoms with Crippen LogP contribution in [0.4, 0.5) is 0 Å². The molecule has 1 N–H and O–H groups in total. The van der Waals surface area contributed by atoms with Gasteiger partial charge in [0.05, 0.1) is 0 Å². The number of nitrogens with zero attached hydrogens (tertiary/aromatic N) is 2. The third kappa shape index (κ3) is 5.10. The van der Waals surface area contributed by atoms with Gasteiger partial charge in [-0.3, -0.25) is 9.80 Å². The van der Waals surface area contributed by atoms with Crippen LogP contribution in [0.5, 0.6) is 5.75 Å². The summed E-state index contributed by atoms with van der Waals surface area (Å²) in [6, 6.07) is 17.0.